The fourth-order valence-electron chi connectivity index (χ4n) is 3.90. The van der Waals surface area contributed by atoms with E-state index in [2.05, 4.69) is 27.1 Å². The van der Waals surface area contributed by atoms with Crippen LogP contribution in [0.5, 0.6) is 0 Å². The SMILES string of the molecule is O=c1[nH]c2ncc(-c3ccnc4ccccc34)cc2n1CC1CCOCC1. The Morgan fingerprint density at radius 1 is 1.15 bits per heavy atom. The summed E-state index contributed by atoms with van der Waals surface area (Å²) in [6.07, 6.45) is 5.61. The molecule has 5 rings (SSSR count). The van der Waals surface area contributed by atoms with Crippen LogP contribution < -0.4 is 5.69 Å². The first-order chi connectivity index (χ1) is 13.3. The summed E-state index contributed by atoms with van der Waals surface area (Å²) in [4.78, 5) is 24.3. The van der Waals surface area contributed by atoms with Crippen molar-refractivity contribution in [2.45, 2.75) is 19.4 Å². The van der Waals surface area contributed by atoms with Crippen molar-refractivity contribution in [3.05, 3.63) is 59.3 Å². The lowest BCUT2D eigenvalue weighted by molar-refractivity contribution is 0.0613. The van der Waals surface area contributed by atoms with Gasteiger partial charge in [0.05, 0.1) is 11.0 Å². The number of pyridine rings is 2. The molecule has 0 bridgehead atoms. The third-order valence-electron chi connectivity index (χ3n) is 5.37. The highest BCUT2D eigenvalue weighted by Gasteiger charge is 2.18. The Morgan fingerprint density at radius 3 is 2.89 bits per heavy atom. The molecule has 1 saturated heterocycles. The molecule has 1 aromatic carbocycles. The summed E-state index contributed by atoms with van der Waals surface area (Å²) in [5.41, 5.74) is 4.39. The molecule has 0 radical (unpaired) electrons. The molecule has 0 amide bonds. The molecular weight excluding hydrogens is 340 g/mol. The van der Waals surface area contributed by atoms with E-state index in [9.17, 15) is 4.79 Å². The highest BCUT2D eigenvalue weighted by atomic mass is 16.5. The number of aromatic amines is 1. The van der Waals surface area contributed by atoms with E-state index >= 15 is 0 Å². The number of para-hydroxylation sites is 1. The van der Waals surface area contributed by atoms with Crippen molar-refractivity contribution in [3.8, 4) is 11.1 Å². The van der Waals surface area contributed by atoms with E-state index in [0.29, 0.717) is 18.1 Å². The van der Waals surface area contributed by atoms with Gasteiger partial charge < -0.3 is 4.74 Å². The summed E-state index contributed by atoms with van der Waals surface area (Å²) in [5, 5.41) is 1.08. The van der Waals surface area contributed by atoms with Crippen LogP contribution in [0.15, 0.2) is 53.6 Å². The first kappa shape index (κ1) is 16.2. The van der Waals surface area contributed by atoms with Crippen LogP contribution in [0.2, 0.25) is 0 Å². The second kappa shape index (κ2) is 6.63. The first-order valence-corrected chi connectivity index (χ1v) is 9.30. The summed E-state index contributed by atoms with van der Waals surface area (Å²) in [7, 11) is 0. The van der Waals surface area contributed by atoms with E-state index in [-0.39, 0.29) is 5.69 Å². The average Bonchev–Trinajstić information content (AvgIpc) is 3.03. The van der Waals surface area contributed by atoms with Gasteiger partial charge >= 0.3 is 5.69 Å². The van der Waals surface area contributed by atoms with Gasteiger partial charge in [0.2, 0.25) is 0 Å². The maximum atomic E-state index is 12.5. The molecule has 0 saturated carbocycles. The number of hydrogen-bond donors (Lipinski definition) is 1. The van der Waals surface area contributed by atoms with Crippen molar-refractivity contribution < 1.29 is 4.74 Å². The third-order valence-corrected chi connectivity index (χ3v) is 5.37. The minimum atomic E-state index is -0.0965. The molecule has 1 aliphatic rings. The highest BCUT2D eigenvalue weighted by Crippen LogP contribution is 2.28. The molecule has 0 aliphatic carbocycles. The van der Waals surface area contributed by atoms with Crippen LogP contribution in [0.4, 0.5) is 0 Å². The fraction of sp³-hybridized carbons (Fsp3) is 0.286. The second-order valence-corrected chi connectivity index (χ2v) is 7.06. The van der Waals surface area contributed by atoms with Gasteiger partial charge in [0.15, 0.2) is 5.65 Å². The van der Waals surface area contributed by atoms with Crippen LogP contribution in [0.3, 0.4) is 0 Å². The minimum absolute atomic E-state index is 0.0965. The predicted molar refractivity (Wildman–Crippen MR) is 105 cm³/mol. The Bertz CT molecular complexity index is 1170. The van der Waals surface area contributed by atoms with Crippen molar-refractivity contribution >= 4 is 22.1 Å². The van der Waals surface area contributed by atoms with Crippen LogP contribution in [0.1, 0.15) is 12.8 Å². The molecule has 1 N–H and O–H groups in total. The largest absolute Gasteiger partial charge is 0.381 e. The lowest BCUT2D eigenvalue weighted by atomic mass is 10.00. The molecule has 0 unspecified atom stereocenters. The zero-order chi connectivity index (χ0) is 18.2. The summed E-state index contributed by atoms with van der Waals surface area (Å²) in [5.74, 6) is 0.459. The van der Waals surface area contributed by atoms with E-state index < -0.39 is 0 Å². The maximum Gasteiger partial charge on any atom is 0.327 e. The quantitative estimate of drug-likeness (QED) is 0.608. The van der Waals surface area contributed by atoms with Crippen LogP contribution in [-0.2, 0) is 11.3 Å². The summed E-state index contributed by atoms with van der Waals surface area (Å²) >= 11 is 0. The zero-order valence-corrected chi connectivity index (χ0v) is 14.9. The smallest absolute Gasteiger partial charge is 0.327 e. The third kappa shape index (κ3) is 2.92. The van der Waals surface area contributed by atoms with Gasteiger partial charge in [-0.1, -0.05) is 18.2 Å². The lowest BCUT2D eigenvalue weighted by Crippen LogP contribution is -2.25. The van der Waals surface area contributed by atoms with Gasteiger partial charge in [-0.2, -0.15) is 0 Å². The molecule has 4 heterocycles. The van der Waals surface area contributed by atoms with Crippen molar-refractivity contribution in [1.82, 2.24) is 19.5 Å². The van der Waals surface area contributed by atoms with Crippen molar-refractivity contribution in [3.63, 3.8) is 0 Å². The normalized spacial score (nSPS) is 15.6. The number of ether oxygens (including phenoxy) is 1. The summed E-state index contributed by atoms with van der Waals surface area (Å²) < 4.78 is 7.27. The number of nitrogens with one attached hydrogen (secondary N) is 1. The van der Waals surface area contributed by atoms with Gasteiger partial charge in [-0.05, 0) is 42.5 Å². The highest BCUT2D eigenvalue weighted by molar-refractivity contribution is 5.95. The second-order valence-electron chi connectivity index (χ2n) is 7.06. The lowest BCUT2D eigenvalue weighted by Gasteiger charge is -2.22. The van der Waals surface area contributed by atoms with Crippen LogP contribution in [-0.4, -0.2) is 32.7 Å². The van der Waals surface area contributed by atoms with E-state index in [1.165, 1.54) is 0 Å². The Labute approximate surface area is 155 Å². The van der Waals surface area contributed by atoms with Gasteiger partial charge in [0, 0.05) is 43.1 Å². The monoisotopic (exact) mass is 360 g/mol. The number of rotatable bonds is 3. The number of benzene rings is 1. The molecule has 3 aromatic heterocycles. The Kier molecular flexibility index (Phi) is 3.98. The van der Waals surface area contributed by atoms with E-state index in [1.807, 2.05) is 41.2 Å². The van der Waals surface area contributed by atoms with Gasteiger partial charge in [0.1, 0.15) is 0 Å². The standard InChI is InChI=1S/C21H20N4O2/c26-21-24-20-19(25(21)13-14-6-9-27-10-7-14)11-15(12-23-20)16-5-8-22-18-4-2-1-3-17(16)18/h1-5,8,11-12,14H,6-7,9-10,13H2,(H,23,24,26). The number of imidazole rings is 1. The maximum absolute atomic E-state index is 12.5. The Morgan fingerprint density at radius 2 is 2.00 bits per heavy atom. The van der Waals surface area contributed by atoms with Gasteiger partial charge in [-0.25, -0.2) is 9.78 Å². The van der Waals surface area contributed by atoms with Crippen molar-refractivity contribution in [2.75, 3.05) is 13.2 Å². The van der Waals surface area contributed by atoms with E-state index in [0.717, 1.165) is 53.6 Å². The fourth-order valence-corrected chi connectivity index (χ4v) is 3.90. The molecule has 0 atom stereocenters. The van der Waals surface area contributed by atoms with Crippen molar-refractivity contribution in [2.24, 2.45) is 5.92 Å². The minimum Gasteiger partial charge on any atom is -0.381 e. The molecule has 6 heteroatoms. The zero-order valence-electron chi connectivity index (χ0n) is 14.9. The molecular formula is C21H20N4O2. The molecule has 0 spiro atoms. The molecule has 1 fully saturated rings. The summed E-state index contributed by atoms with van der Waals surface area (Å²) in [6.45, 7) is 2.24. The Hall–Kier alpha value is -2.99. The molecule has 6 nitrogen and oxygen atoms in total. The Balaban J connectivity index is 1.62. The van der Waals surface area contributed by atoms with Crippen LogP contribution in [0.25, 0.3) is 33.2 Å². The molecule has 1 aliphatic heterocycles. The van der Waals surface area contributed by atoms with Crippen molar-refractivity contribution in [1.29, 1.82) is 0 Å². The molecule has 4 aromatic rings. The summed E-state index contributed by atoms with van der Waals surface area (Å²) in [6, 6.07) is 12.1. The average molecular weight is 360 g/mol. The topological polar surface area (TPSA) is 72.8 Å². The number of nitrogens with zero attached hydrogens (tertiary/aromatic N) is 3. The number of hydrogen-bond acceptors (Lipinski definition) is 4. The predicted octanol–water partition coefficient (Wildman–Crippen LogP) is 3.37. The van der Waals surface area contributed by atoms with E-state index in [4.69, 9.17) is 4.74 Å². The van der Waals surface area contributed by atoms with Gasteiger partial charge in [-0.3, -0.25) is 14.5 Å². The van der Waals surface area contributed by atoms with E-state index in [1.54, 1.807) is 0 Å². The van der Waals surface area contributed by atoms with Gasteiger partial charge in [0.25, 0.3) is 0 Å². The van der Waals surface area contributed by atoms with Crippen LogP contribution in [0, 0.1) is 5.92 Å². The first-order valence-electron chi connectivity index (χ1n) is 9.30. The number of H-pyrrole nitrogens is 1. The number of aromatic nitrogens is 4. The van der Waals surface area contributed by atoms with Crippen LogP contribution >= 0.6 is 0 Å². The molecule has 136 valence electrons. The van der Waals surface area contributed by atoms with Gasteiger partial charge in [-0.15, -0.1) is 0 Å². The molecule has 27 heavy (non-hydrogen) atoms. The number of fused-ring (bicyclic) bond motifs is 2.